The number of carbonyl (C=O) groups excluding carboxylic acids is 3. The van der Waals surface area contributed by atoms with Crippen molar-refractivity contribution in [3.63, 3.8) is 0 Å². The molecule has 26 heavy (non-hydrogen) atoms. The predicted molar refractivity (Wildman–Crippen MR) is 91.9 cm³/mol. The van der Waals surface area contributed by atoms with Crippen molar-refractivity contribution in [1.29, 1.82) is 0 Å². The van der Waals surface area contributed by atoms with Crippen LogP contribution >= 0.6 is 0 Å². The van der Waals surface area contributed by atoms with Crippen molar-refractivity contribution in [1.82, 2.24) is 15.5 Å². The van der Waals surface area contributed by atoms with Crippen LogP contribution in [0.1, 0.15) is 34.3 Å². The van der Waals surface area contributed by atoms with E-state index in [0.717, 1.165) is 11.1 Å². The van der Waals surface area contributed by atoms with Crippen LogP contribution in [0.25, 0.3) is 0 Å². The van der Waals surface area contributed by atoms with Gasteiger partial charge in [-0.15, -0.1) is 0 Å². The van der Waals surface area contributed by atoms with Gasteiger partial charge in [0.1, 0.15) is 6.04 Å². The number of nitrogens with one attached hydrogen (secondary N) is 2. The molecule has 1 aromatic carbocycles. The molecule has 0 bridgehead atoms. The summed E-state index contributed by atoms with van der Waals surface area (Å²) in [6, 6.07) is 5.03. The van der Waals surface area contributed by atoms with E-state index in [1.165, 1.54) is 0 Å². The van der Waals surface area contributed by atoms with Crippen LogP contribution in [-0.2, 0) is 27.4 Å². The molecule has 1 aromatic rings. The van der Waals surface area contributed by atoms with E-state index in [9.17, 15) is 14.4 Å². The Morgan fingerprint density at radius 3 is 2.77 bits per heavy atom. The fourth-order valence-corrected chi connectivity index (χ4v) is 3.74. The summed E-state index contributed by atoms with van der Waals surface area (Å²) in [5.74, 6) is -0.831. The van der Waals surface area contributed by atoms with Crippen molar-refractivity contribution in [2.75, 3.05) is 19.8 Å². The van der Waals surface area contributed by atoms with Crippen LogP contribution in [0.3, 0.4) is 0 Å². The molecule has 3 aliphatic heterocycles. The number of hydrogen-bond acceptors (Lipinski definition) is 6. The van der Waals surface area contributed by atoms with Crippen molar-refractivity contribution in [3.05, 3.63) is 34.9 Å². The molecular formula is C18H22N4O4. The first-order chi connectivity index (χ1) is 12.5. The molecule has 1 atom stereocenters. The molecule has 3 heterocycles. The van der Waals surface area contributed by atoms with Crippen LogP contribution in [0.2, 0.25) is 0 Å². The highest BCUT2D eigenvalue weighted by Crippen LogP contribution is 2.30. The van der Waals surface area contributed by atoms with Crippen LogP contribution in [-0.4, -0.2) is 54.0 Å². The zero-order valence-electron chi connectivity index (χ0n) is 14.4. The van der Waals surface area contributed by atoms with Gasteiger partial charge >= 0.3 is 0 Å². The van der Waals surface area contributed by atoms with Crippen LogP contribution in [0, 0.1) is 0 Å². The maximum atomic E-state index is 12.8. The molecule has 4 rings (SSSR count). The SMILES string of the molecule is NCC1(NCc2cccc3c2CN(C2CCC(=O)NC2=O)C3=O)COC1. The average Bonchev–Trinajstić information content (AvgIpc) is 2.92. The molecule has 3 amide bonds. The molecule has 2 saturated heterocycles. The Labute approximate surface area is 151 Å². The minimum Gasteiger partial charge on any atom is -0.377 e. The first-order valence-corrected chi connectivity index (χ1v) is 8.81. The average molecular weight is 358 g/mol. The molecule has 0 saturated carbocycles. The van der Waals surface area contributed by atoms with Gasteiger partial charge in [0.15, 0.2) is 0 Å². The molecular weight excluding hydrogens is 336 g/mol. The van der Waals surface area contributed by atoms with Gasteiger partial charge in [0.2, 0.25) is 11.8 Å². The smallest absolute Gasteiger partial charge is 0.255 e. The van der Waals surface area contributed by atoms with Crippen molar-refractivity contribution in [3.8, 4) is 0 Å². The Balaban J connectivity index is 1.52. The molecule has 3 aliphatic rings. The van der Waals surface area contributed by atoms with Crippen LogP contribution < -0.4 is 16.4 Å². The molecule has 2 fully saturated rings. The van der Waals surface area contributed by atoms with Gasteiger partial charge in [0, 0.05) is 31.6 Å². The van der Waals surface area contributed by atoms with E-state index >= 15 is 0 Å². The van der Waals surface area contributed by atoms with Gasteiger partial charge in [-0.05, 0) is 23.6 Å². The fourth-order valence-electron chi connectivity index (χ4n) is 3.74. The Bertz CT molecular complexity index is 769. The number of piperidine rings is 1. The number of fused-ring (bicyclic) bond motifs is 1. The third kappa shape index (κ3) is 2.80. The zero-order valence-corrected chi connectivity index (χ0v) is 14.4. The molecule has 8 heteroatoms. The first kappa shape index (κ1) is 17.1. The first-order valence-electron chi connectivity index (χ1n) is 8.81. The van der Waals surface area contributed by atoms with Crippen molar-refractivity contribution in [2.24, 2.45) is 5.73 Å². The second kappa shape index (κ2) is 6.46. The summed E-state index contributed by atoms with van der Waals surface area (Å²) in [4.78, 5) is 37.9. The lowest BCUT2D eigenvalue weighted by molar-refractivity contribution is -0.136. The summed E-state index contributed by atoms with van der Waals surface area (Å²) in [5.41, 5.74) is 8.21. The number of carbonyl (C=O) groups is 3. The van der Waals surface area contributed by atoms with Crippen LogP contribution in [0.4, 0.5) is 0 Å². The number of benzene rings is 1. The Hall–Kier alpha value is -2.29. The molecule has 4 N–H and O–H groups in total. The van der Waals surface area contributed by atoms with Crippen LogP contribution in [0.5, 0.6) is 0 Å². The van der Waals surface area contributed by atoms with Gasteiger partial charge in [0.05, 0.1) is 18.8 Å². The summed E-state index contributed by atoms with van der Waals surface area (Å²) < 4.78 is 5.27. The number of imide groups is 1. The lowest BCUT2D eigenvalue weighted by Crippen LogP contribution is -2.64. The molecule has 0 aromatic heterocycles. The van der Waals surface area contributed by atoms with E-state index in [1.807, 2.05) is 12.1 Å². The normalized spacial score (nSPS) is 24.3. The van der Waals surface area contributed by atoms with E-state index < -0.39 is 11.9 Å². The maximum absolute atomic E-state index is 12.8. The summed E-state index contributed by atoms with van der Waals surface area (Å²) in [5, 5.41) is 5.77. The minimum absolute atomic E-state index is 0.156. The van der Waals surface area contributed by atoms with Crippen molar-refractivity contribution >= 4 is 17.7 Å². The summed E-state index contributed by atoms with van der Waals surface area (Å²) in [6.07, 6.45) is 0.621. The second-order valence-electron chi connectivity index (χ2n) is 7.17. The summed E-state index contributed by atoms with van der Waals surface area (Å²) in [7, 11) is 0. The monoisotopic (exact) mass is 358 g/mol. The second-order valence-corrected chi connectivity index (χ2v) is 7.17. The summed E-state index contributed by atoms with van der Waals surface area (Å²) >= 11 is 0. The number of nitrogens with zero attached hydrogens (tertiary/aromatic N) is 1. The predicted octanol–water partition coefficient (Wildman–Crippen LogP) is -0.735. The van der Waals surface area contributed by atoms with Gasteiger partial charge < -0.3 is 20.7 Å². The largest absolute Gasteiger partial charge is 0.377 e. The minimum atomic E-state index is -0.594. The van der Waals surface area contributed by atoms with Gasteiger partial charge in [-0.1, -0.05) is 12.1 Å². The third-order valence-corrected chi connectivity index (χ3v) is 5.48. The van der Waals surface area contributed by atoms with E-state index in [2.05, 4.69) is 10.6 Å². The number of rotatable bonds is 5. The molecule has 8 nitrogen and oxygen atoms in total. The van der Waals surface area contributed by atoms with Gasteiger partial charge in [-0.3, -0.25) is 19.7 Å². The van der Waals surface area contributed by atoms with E-state index in [4.69, 9.17) is 10.5 Å². The number of nitrogens with two attached hydrogens (primary N) is 1. The fraction of sp³-hybridized carbons (Fsp3) is 0.500. The topological polar surface area (TPSA) is 114 Å². The standard InChI is InChI=1S/C18H22N4O4/c19-8-18(9-26-10-18)20-6-11-2-1-3-12-13(11)7-22(17(12)25)14-4-5-15(23)21-16(14)24/h1-3,14,20H,4-10,19H2,(H,21,23,24). The number of hydrogen-bond donors (Lipinski definition) is 3. The van der Waals surface area contributed by atoms with Crippen molar-refractivity contribution < 1.29 is 19.1 Å². The Morgan fingerprint density at radius 2 is 2.12 bits per heavy atom. The Morgan fingerprint density at radius 1 is 1.31 bits per heavy atom. The molecule has 0 spiro atoms. The van der Waals surface area contributed by atoms with E-state index in [0.29, 0.717) is 44.8 Å². The van der Waals surface area contributed by atoms with E-state index in [-0.39, 0.29) is 23.8 Å². The lowest BCUT2D eigenvalue weighted by Gasteiger charge is -2.41. The quantitative estimate of drug-likeness (QED) is 0.598. The van der Waals surface area contributed by atoms with Gasteiger partial charge in [-0.2, -0.15) is 0 Å². The highest BCUT2D eigenvalue weighted by molar-refractivity contribution is 6.05. The highest BCUT2D eigenvalue weighted by Gasteiger charge is 2.40. The van der Waals surface area contributed by atoms with Gasteiger partial charge in [-0.25, -0.2) is 0 Å². The van der Waals surface area contributed by atoms with E-state index in [1.54, 1.807) is 11.0 Å². The number of amides is 3. The highest BCUT2D eigenvalue weighted by atomic mass is 16.5. The maximum Gasteiger partial charge on any atom is 0.255 e. The van der Waals surface area contributed by atoms with Crippen molar-refractivity contribution in [2.45, 2.75) is 37.5 Å². The molecule has 0 aliphatic carbocycles. The van der Waals surface area contributed by atoms with Crippen LogP contribution in [0.15, 0.2) is 18.2 Å². The molecule has 138 valence electrons. The zero-order chi connectivity index (χ0) is 18.3. The Kier molecular flexibility index (Phi) is 4.26. The number of ether oxygens (including phenoxy) is 1. The molecule has 1 unspecified atom stereocenters. The third-order valence-electron chi connectivity index (χ3n) is 5.48. The van der Waals surface area contributed by atoms with Gasteiger partial charge in [0.25, 0.3) is 5.91 Å². The summed E-state index contributed by atoms with van der Waals surface area (Å²) in [6.45, 7) is 2.62. The lowest BCUT2D eigenvalue weighted by atomic mass is 9.96. The molecule has 0 radical (unpaired) electrons.